The van der Waals surface area contributed by atoms with Gasteiger partial charge in [0.25, 0.3) is 21.8 Å². The summed E-state index contributed by atoms with van der Waals surface area (Å²) in [6.07, 6.45) is 1.59. The lowest BCUT2D eigenvalue weighted by Crippen LogP contribution is -2.41. The number of aromatic amines is 1. The van der Waals surface area contributed by atoms with Gasteiger partial charge >= 0.3 is 0 Å². The summed E-state index contributed by atoms with van der Waals surface area (Å²) in [5, 5.41) is 0. The smallest absolute Gasteiger partial charge is 0.286 e. The number of carbonyl (C=O) groups excluding carboxylic acids is 2. The Morgan fingerprint density at radius 3 is 2.40 bits per heavy atom. The highest BCUT2D eigenvalue weighted by atomic mass is 79.9. The Hall–Kier alpha value is -3.11. The van der Waals surface area contributed by atoms with Crippen LogP contribution in [0.5, 0.6) is 0 Å². The Labute approximate surface area is 182 Å². The molecule has 0 radical (unpaired) electrons. The summed E-state index contributed by atoms with van der Waals surface area (Å²) >= 11 is 3.22. The summed E-state index contributed by atoms with van der Waals surface area (Å²) < 4.78 is 28.7. The zero-order valence-corrected chi connectivity index (χ0v) is 18.5. The van der Waals surface area contributed by atoms with E-state index < -0.39 is 21.8 Å². The fourth-order valence-electron chi connectivity index (χ4n) is 2.68. The molecule has 0 saturated carbocycles. The number of aryl methyl sites for hydroxylation is 2. The fraction of sp³-hybridized carbons (Fsp3) is 0.100. The first-order chi connectivity index (χ1) is 14.2. The minimum absolute atomic E-state index is 0.168. The SMILES string of the molecule is Cc1ccc(C)c(S(=O)(=O)Nc2cccc(C(=O)NNC(=O)c3cc(Br)c[nH]3)c2)c1. The third kappa shape index (κ3) is 5.08. The molecule has 0 bridgehead atoms. The van der Waals surface area contributed by atoms with E-state index in [0.29, 0.717) is 10.0 Å². The highest BCUT2D eigenvalue weighted by Gasteiger charge is 2.18. The van der Waals surface area contributed by atoms with Gasteiger partial charge in [0.1, 0.15) is 5.69 Å². The molecule has 2 aromatic carbocycles. The quantitative estimate of drug-likeness (QED) is 0.410. The van der Waals surface area contributed by atoms with Crippen molar-refractivity contribution in [1.82, 2.24) is 15.8 Å². The number of carbonyl (C=O) groups is 2. The van der Waals surface area contributed by atoms with E-state index in [0.717, 1.165) is 5.56 Å². The molecule has 4 N–H and O–H groups in total. The van der Waals surface area contributed by atoms with Crippen molar-refractivity contribution < 1.29 is 18.0 Å². The largest absolute Gasteiger partial charge is 0.356 e. The molecule has 3 aromatic rings. The molecule has 0 aliphatic heterocycles. The number of halogens is 1. The summed E-state index contributed by atoms with van der Waals surface area (Å²) in [6.45, 7) is 3.52. The lowest BCUT2D eigenvalue weighted by molar-refractivity contribution is 0.0844. The Morgan fingerprint density at radius 1 is 0.967 bits per heavy atom. The molecular weight excluding hydrogens is 472 g/mol. The molecule has 0 saturated heterocycles. The van der Waals surface area contributed by atoms with E-state index in [1.165, 1.54) is 18.2 Å². The van der Waals surface area contributed by atoms with Crippen molar-refractivity contribution in [3.8, 4) is 0 Å². The monoisotopic (exact) mass is 490 g/mol. The highest BCUT2D eigenvalue weighted by Crippen LogP contribution is 2.21. The van der Waals surface area contributed by atoms with Gasteiger partial charge in [0.2, 0.25) is 0 Å². The fourth-order valence-corrected chi connectivity index (χ4v) is 4.41. The summed E-state index contributed by atoms with van der Waals surface area (Å²) in [5.74, 6) is -1.12. The molecule has 0 aliphatic carbocycles. The zero-order valence-electron chi connectivity index (χ0n) is 16.1. The van der Waals surface area contributed by atoms with Gasteiger partial charge < -0.3 is 4.98 Å². The predicted octanol–water partition coefficient (Wildman–Crippen LogP) is 3.27. The van der Waals surface area contributed by atoms with Gasteiger partial charge in [0.05, 0.1) is 4.90 Å². The first kappa shape index (κ1) is 21.6. The van der Waals surface area contributed by atoms with E-state index in [9.17, 15) is 18.0 Å². The molecule has 0 fully saturated rings. The Balaban J connectivity index is 1.71. The Kier molecular flexibility index (Phi) is 6.28. The van der Waals surface area contributed by atoms with Crippen LogP contribution in [0.2, 0.25) is 0 Å². The number of H-pyrrole nitrogens is 1. The van der Waals surface area contributed by atoms with Crippen LogP contribution >= 0.6 is 15.9 Å². The number of nitrogens with one attached hydrogen (secondary N) is 4. The number of benzene rings is 2. The van der Waals surface area contributed by atoms with Crippen LogP contribution in [0.4, 0.5) is 5.69 Å². The van der Waals surface area contributed by atoms with E-state index in [4.69, 9.17) is 0 Å². The zero-order chi connectivity index (χ0) is 21.9. The molecule has 0 aliphatic rings. The van der Waals surface area contributed by atoms with E-state index in [-0.39, 0.29) is 21.8 Å². The molecule has 10 heteroatoms. The van der Waals surface area contributed by atoms with E-state index >= 15 is 0 Å². The minimum Gasteiger partial charge on any atom is -0.356 e. The number of hydrogen-bond acceptors (Lipinski definition) is 4. The average molecular weight is 491 g/mol. The van der Waals surface area contributed by atoms with E-state index in [1.54, 1.807) is 37.4 Å². The summed E-state index contributed by atoms with van der Waals surface area (Å²) in [6, 6.07) is 12.7. The number of aromatic nitrogens is 1. The Bertz CT molecular complexity index is 1220. The molecular formula is C20H19BrN4O4S. The van der Waals surface area contributed by atoms with Gasteiger partial charge in [-0.25, -0.2) is 8.42 Å². The Morgan fingerprint density at radius 2 is 1.70 bits per heavy atom. The van der Waals surface area contributed by atoms with Gasteiger partial charge in [0.15, 0.2) is 0 Å². The second kappa shape index (κ2) is 8.72. The van der Waals surface area contributed by atoms with Crippen LogP contribution < -0.4 is 15.6 Å². The highest BCUT2D eigenvalue weighted by molar-refractivity contribution is 9.10. The molecule has 30 heavy (non-hydrogen) atoms. The third-order valence-corrected chi connectivity index (χ3v) is 6.17. The second-order valence-corrected chi connectivity index (χ2v) is 9.16. The van der Waals surface area contributed by atoms with Crippen molar-refractivity contribution in [2.75, 3.05) is 4.72 Å². The van der Waals surface area contributed by atoms with Crippen LogP contribution in [0.1, 0.15) is 32.0 Å². The molecule has 8 nitrogen and oxygen atoms in total. The van der Waals surface area contributed by atoms with Crippen LogP contribution in [-0.4, -0.2) is 25.2 Å². The topological polar surface area (TPSA) is 120 Å². The first-order valence-electron chi connectivity index (χ1n) is 8.80. The van der Waals surface area contributed by atoms with Crippen LogP contribution in [0, 0.1) is 13.8 Å². The molecule has 3 rings (SSSR count). The van der Waals surface area contributed by atoms with Gasteiger partial charge in [-0.05, 0) is 71.2 Å². The van der Waals surface area contributed by atoms with E-state index in [2.05, 4.69) is 36.5 Å². The number of hydrogen-bond donors (Lipinski definition) is 4. The van der Waals surface area contributed by atoms with Crippen LogP contribution in [-0.2, 0) is 10.0 Å². The van der Waals surface area contributed by atoms with Crippen LogP contribution in [0.3, 0.4) is 0 Å². The van der Waals surface area contributed by atoms with E-state index in [1.807, 2.05) is 13.0 Å². The number of amides is 2. The molecule has 1 aromatic heterocycles. The van der Waals surface area contributed by atoms with Gasteiger partial charge in [-0.3, -0.25) is 25.2 Å². The maximum Gasteiger partial charge on any atom is 0.286 e. The van der Waals surface area contributed by atoms with Crippen molar-refractivity contribution in [2.45, 2.75) is 18.7 Å². The number of sulfonamides is 1. The van der Waals surface area contributed by atoms with Gasteiger partial charge in [-0.2, -0.15) is 0 Å². The molecule has 156 valence electrons. The van der Waals surface area contributed by atoms with Gasteiger partial charge in [-0.15, -0.1) is 0 Å². The van der Waals surface area contributed by atoms with Crippen molar-refractivity contribution in [3.05, 3.63) is 81.6 Å². The third-order valence-electron chi connectivity index (χ3n) is 4.19. The summed E-state index contributed by atoms with van der Waals surface area (Å²) in [7, 11) is -3.83. The van der Waals surface area contributed by atoms with Crippen molar-refractivity contribution in [2.24, 2.45) is 0 Å². The first-order valence-corrected chi connectivity index (χ1v) is 11.1. The summed E-state index contributed by atoms with van der Waals surface area (Å²) in [4.78, 5) is 27.3. The van der Waals surface area contributed by atoms with Crippen LogP contribution in [0.25, 0.3) is 0 Å². The lowest BCUT2D eigenvalue weighted by atomic mass is 10.2. The molecule has 2 amide bonds. The standard InChI is InChI=1S/C20H19BrN4O4S/c1-12-6-7-13(2)18(8-12)30(28,29)25-16-5-3-4-14(9-16)19(26)23-24-20(27)17-10-15(21)11-22-17/h3-11,22,25H,1-2H3,(H,23,26)(H,24,27). The predicted molar refractivity (Wildman–Crippen MR) is 117 cm³/mol. The number of anilines is 1. The van der Waals surface area contributed by atoms with Crippen LogP contribution in [0.15, 0.2) is 64.1 Å². The molecule has 0 spiro atoms. The van der Waals surface area contributed by atoms with Gasteiger partial charge in [-0.1, -0.05) is 18.2 Å². The van der Waals surface area contributed by atoms with Crippen molar-refractivity contribution in [1.29, 1.82) is 0 Å². The maximum atomic E-state index is 12.8. The lowest BCUT2D eigenvalue weighted by Gasteiger charge is -2.12. The normalized spacial score (nSPS) is 11.0. The number of hydrazine groups is 1. The minimum atomic E-state index is -3.83. The maximum absolute atomic E-state index is 12.8. The molecule has 0 atom stereocenters. The number of rotatable bonds is 5. The van der Waals surface area contributed by atoms with Gasteiger partial charge in [0, 0.05) is 21.9 Å². The average Bonchev–Trinajstić information content (AvgIpc) is 3.14. The molecule has 1 heterocycles. The van der Waals surface area contributed by atoms with Crippen molar-refractivity contribution in [3.63, 3.8) is 0 Å². The summed E-state index contributed by atoms with van der Waals surface area (Å²) in [5.41, 5.74) is 6.67. The van der Waals surface area contributed by atoms with Crippen molar-refractivity contribution >= 4 is 43.5 Å². The molecule has 0 unspecified atom stereocenters. The second-order valence-electron chi connectivity index (χ2n) is 6.60.